The fraction of sp³-hybridized carbons (Fsp3) is 0.462. The van der Waals surface area contributed by atoms with E-state index in [-0.39, 0.29) is 5.41 Å². The number of ether oxygens (including phenoxy) is 1. The zero-order valence-electron chi connectivity index (χ0n) is 9.66. The van der Waals surface area contributed by atoms with E-state index in [1.54, 1.807) is 0 Å². The Balaban J connectivity index is 2.33. The summed E-state index contributed by atoms with van der Waals surface area (Å²) in [5, 5.41) is 9.55. The van der Waals surface area contributed by atoms with Crippen LogP contribution in [0.3, 0.4) is 0 Å². The molecular formula is C13H16ClNO. The van der Waals surface area contributed by atoms with Crippen molar-refractivity contribution in [1.29, 1.82) is 5.26 Å². The summed E-state index contributed by atoms with van der Waals surface area (Å²) in [4.78, 5) is 0. The Morgan fingerprint density at radius 1 is 1.38 bits per heavy atom. The molecule has 0 aliphatic heterocycles. The van der Waals surface area contributed by atoms with E-state index in [1.807, 2.05) is 38.1 Å². The maximum atomic E-state index is 8.83. The van der Waals surface area contributed by atoms with Crippen molar-refractivity contribution >= 4 is 11.6 Å². The molecule has 0 heterocycles. The van der Waals surface area contributed by atoms with Crippen LogP contribution in [0.4, 0.5) is 0 Å². The number of nitrogens with zero attached hydrogens (tertiary/aromatic N) is 1. The van der Waals surface area contributed by atoms with E-state index in [9.17, 15) is 0 Å². The first-order valence-electron chi connectivity index (χ1n) is 5.27. The molecule has 0 unspecified atom stereocenters. The van der Waals surface area contributed by atoms with Crippen molar-refractivity contribution in [2.45, 2.75) is 26.9 Å². The first kappa shape index (κ1) is 13.0. The minimum atomic E-state index is -0.319. The van der Waals surface area contributed by atoms with Gasteiger partial charge in [-0.1, -0.05) is 29.8 Å². The van der Waals surface area contributed by atoms with Gasteiger partial charge in [0.25, 0.3) is 0 Å². The van der Waals surface area contributed by atoms with Gasteiger partial charge in [0.05, 0.1) is 18.1 Å². The topological polar surface area (TPSA) is 33.0 Å². The Morgan fingerprint density at radius 3 is 2.69 bits per heavy atom. The first-order chi connectivity index (χ1) is 7.55. The molecule has 2 nitrogen and oxygen atoms in total. The summed E-state index contributed by atoms with van der Waals surface area (Å²) in [6.45, 7) is 4.89. The van der Waals surface area contributed by atoms with Crippen LogP contribution in [-0.2, 0) is 11.3 Å². The third-order valence-corrected chi connectivity index (χ3v) is 2.76. The molecule has 0 fully saturated rings. The van der Waals surface area contributed by atoms with Gasteiger partial charge in [0.1, 0.15) is 0 Å². The van der Waals surface area contributed by atoms with Crippen molar-refractivity contribution in [3.8, 4) is 6.07 Å². The van der Waals surface area contributed by atoms with Crippen LogP contribution >= 0.6 is 11.6 Å². The average Bonchev–Trinajstić information content (AvgIpc) is 2.27. The fourth-order valence-electron chi connectivity index (χ4n) is 1.18. The van der Waals surface area contributed by atoms with Gasteiger partial charge in [-0.3, -0.25) is 0 Å². The molecule has 0 aliphatic carbocycles. The zero-order chi connectivity index (χ0) is 12.0. The summed E-state index contributed by atoms with van der Waals surface area (Å²) >= 11 is 5.99. The molecule has 0 N–H and O–H groups in total. The minimum absolute atomic E-state index is 0.319. The van der Waals surface area contributed by atoms with Gasteiger partial charge in [-0.15, -0.1) is 0 Å². The predicted molar refractivity (Wildman–Crippen MR) is 65.1 cm³/mol. The van der Waals surface area contributed by atoms with Crippen molar-refractivity contribution in [3.63, 3.8) is 0 Å². The minimum Gasteiger partial charge on any atom is -0.377 e. The Morgan fingerprint density at radius 2 is 2.06 bits per heavy atom. The van der Waals surface area contributed by atoms with Crippen molar-refractivity contribution in [2.75, 3.05) is 6.61 Å². The van der Waals surface area contributed by atoms with Gasteiger partial charge in [-0.2, -0.15) is 5.26 Å². The smallest absolute Gasteiger partial charge is 0.0731 e. The summed E-state index contributed by atoms with van der Waals surface area (Å²) in [6.07, 6.45) is 0.730. The van der Waals surface area contributed by atoms with E-state index in [2.05, 4.69) is 6.07 Å². The number of rotatable bonds is 5. The second-order valence-electron chi connectivity index (χ2n) is 4.39. The molecule has 1 aromatic rings. The quantitative estimate of drug-likeness (QED) is 0.730. The molecule has 1 aromatic carbocycles. The molecule has 0 spiro atoms. The normalized spacial score (nSPS) is 11.1. The summed E-state index contributed by atoms with van der Waals surface area (Å²) < 4.78 is 5.50. The molecule has 0 aliphatic rings. The summed E-state index contributed by atoms with van der Waals surface area (Å²) in [7, 11) is 0. The Kier molecular flexibility index (Phi) is 4.79. The van der Waals surface area contributed by atoms with Crippen LogP contribution in [0.25, 0.3) is 0 Å². The molecule has 0 saturated heterocycles. The molecule has 3 heteroatoms. The van der Waals surface area contributed by atoms with Gasteiger partial charge in [0.2, 0.25) is 0 Å². The number of benzene rings is 1. The lowest BCUT2D eigenvalue weighted by Crippen LogP contribution is -2.11. The molecule has 0 radical (unpaired) electrons. The van der Waals surface area contributed by atoms with Crippen LogP contribution < -0.4 is 0 Å². The van der Waals surface area contributed by atoms with E-state index in [0.29, 0.717) is 13.2 Å². The van der Waals surface area contributed by atoms with E-state index in [4.69, 9.17) is 21.6 Å². The average molecular weight is 238 g/mol. The van der Waals surface area contributed by atoms with Crippen LogP contribution in [0.1, 0.15) is 25.8 Å². The van der Waals surface area contributed by atoms with E-state index in [0.717, 1.165) is 17.0 Å². The van der Waals surface area contributed by atoms with E-state index in [1.165, 1.54) is 0 Å². The lowest BCUT2D eigenvalue weighted by atomic mass is 9.92. The molecule has 0 atom stereocenters. The molecular weight excluding hydrogens is 222 g/mol. The van der Waals surface area contributed by atoms with Crippen molar-refractivity contribution in [3.05, 3.63) is 34.9 Å². The molecule has 0 saturated carbocycles. The third-order valence-electron chi connectivity index (χ3n) is 2.39. The highest BCUT2D eigenvalue weighted by Gasteiger charge is 2.15. The molecule has 0 aromatic heterocycles. The fourth-order valence-corrected chi connectivity index (χ4v) is 1.37. The van der Waals surface area contributed by atoms with E-state index >= 15 is 0 Å². The lowest BCUT2D eigenvalue weighted by Gasteiger charge is -2.14. The number of halogens is 1. The molecule has 16 heavy (non-hydrogen) atoms. The zero-order valence-corrected chi connectivity index (χ0v) is 10.4. The Labute approximate surface area is 102 Å². The number of nitriles is 1. The molecule has 0 amide bonds. The van der Waals surface area contributed by atoms with Gasteiger partial charge in [0.15, 0.2) is 0 Å². The van der Waals surface area contributed by atoms with Gasteiger partial charge in [-0.05, 0) is 31.9 Å². The lowest BCUT2D eigenvalue weighted by molar-refractivity contribution is 0.102. The van der Waals surface area contributed by atoms with Gasteiger partial charge < -0.3 is 4.74 Å². The predicted octanol–water partition coefficient (Wildman–Crippen LogP) is 3.80. The van der Waals surface area contributed by atoms with Crippen LogP contribution in [0.5, 0.6) is 0 Å². The van der Waals surface area contributed by atoms with Crippen molar-refractivity contribution < 1.29 is 4.74 Å². The highest BCUT2D eigenvalue weighted by molar-refractivity contribution is 6.31. The second-order valence-corrected chi connectivity index (χ2v) is 4.80. The maximum absolute atomic E-state index is 8.83. The van der Waals surface area contributed by atoms with Crippen LogP contribution in [0.15, 0.2) is 24.3 Å². The van der Waals surface area contributed by atoms with Crippen LogP contribution in [0.2, 0.25) is 5.02 Å². The maximum Gasteiger partial charge on any atom is 0.0731 e. The largest absolute Gasteiger partial charge is 0.377 e. The number of hydrogen-bond donors (Lipinski definition) is 0. The van der Waals surface area contributed by atoms with Crippen molar-refractivity contribution in [1.82, 2.24) is 0 Å². The highest BCUT2D eigenvalue weighted by atomic mass is 35.5. The Hall–Kier alpha value is -1.04. The summed E-state index contributed by atoms with van der Waals surface area (Å²) in [5.41, 5.74) is 0.666. The third kappa shape index (κ3) is 4.22. The molecule has 86 valence electrons. The first-order valence-corrected chi connectivity index (χ1v) is 5.65. The van der Waals surface area contributed by atoms with Crippen molar-refractivity contribution in [2.24, 2.45) is 5.41 Å². The Bertz CT molecular complexity index is 382. The van der Waals surface area contributed by atoms with Gasteiger partial charge >= 0.3 is 0 Å². The SMILES string of the molecule is CC(C)(C#N)CCOCc1ccccc1Cl. The monoisotopic (exact) mass is 237 g/mol. The van der Waals surface area contributed by atoms with Gasteiger partial charge in [0, 0.05) is 11.6 Å². The molecule has 1 rings (SSSR count). The summed E-state index contributed by atoms with van der Waals surface area (Å²) in [6, 6.07) is 9.86. The summed E-state index contributed by atoms with van der Waals surface area (Å²) in [5.74, 6) is 0. The highest BCUT2D eigenvalue weighted by Crippen LogP contribution is 2.20. The van der Waals surface area contributed by atoms with Gasteiger partial charge in [-0.25, -0.2) is 0 Å². The number of hydrogen-bond acceptors (Lipinski definition) is 2. The van der Waals surface area contributed by atoms with Crippen LogP contribution in [-0.4, -0.2) is 6.61 Å². The molecule has 0 bridgehead atoms. The van der Waals surface area contributed by atoms with E-state index < -0.39 is 0 Å². The second kappa shape index (κ2) is 5.89. The standard InChI is InChI=1S/C13H16ClNO/c1-13(2,10-15)7-8-16-9-11-5-3-4-6-12(11)14/h3-6H,7-9H2,1-2H3. The van der Waals surface area contributed by atoms with Crippen LogP contribution in [0, 0.1) is 16.7 Å².